The lowest BCUT2D eigenvalue weighted by molar-refractivity contribution is -0.126. The number of likely N-dealkylation sites (tertiary alicyclic amines) is 1. The van der Waals surface area contributed by atoms with Gasteiger partial charge in [-0.1, -0.05) is 23.8 Å². The smallest absolute Gasteiger partial charge is 0.407 e. The van der Waals surface area contributed by atoms with Crippen molar-refractivity contribution in [2.75, 3.05) is 26.2 Å². The molecule has 1 fully saturated rings. The van der Waals surface area contributed by atoms with E-state index in [2.05, 4.69) is 15.6 Å². The van der Waals surface area contributed by atoms with Crippen molar-refractivity contribution < 1.29 is 19.1 Å². The van der Waals surface area contributed by atoms with Gasteiger partial charge in [0.15, 0.2) is 0 Å². The van der Waals surface area contributed by atoms with Crippen LogP contribution in [0.1, 0.15) is 49.5 Å². The maximum Gasteiger partial charge on any atom is 0.407 e. The number of aromatic amines is 1. The Labute approximate surface area is 205 Å². The molecule has 2 aromatic rings. The van der Waals surface area contributed by atoms with E-state index in [0.29, 0.717) is 25.1 Å². The van der Waals surface area contributed by atoms with Gasteiger partial charge in [0, 0.05) is 31.9 Å². The number of hydrogen-bond acceptors (Lipinski definition) is 5. The number of H-pyrrole nitrogens is 1. The van der Waals surface area contributed by atoms with Crippen LogP contribution >= 0.6 is 0 Å². The fourth-order valence-electron chi connectivity index (χ4n) is 3.98. The summed E-state index contributed by atoms with van der Waals surface area (Å²) in [5.74, 6) is -0.941. The number of ether oxygens (including phenoxy) is 1. The zero-order chi connectivity index (χ0) is 25.6. The molecule has 0 spiro atoms. The van der Waals surface area contributed by atoms with Crippen LogP contribution in [0.5, 0.6) is 0 Å². The van der Waals surface area contributed by atoms with Crippen molar-refractivity contribution in [1.29, 1.82) is 0 Å². The summed E-state index contributed by atoms with van der Waals surface area (Å²) in [6.45, 7) is 8.51. The molecular formula is C26H34N4O5. The molecule has 9 heteroatoms. The van der Waals surface area contributed by atoms with Crippen molar-refractivity contribution in [1.82, 2.24) is 20.5 Å². The number of nitrogens with one attached hydrogen (secondary N) is 3. The van der Waals surface area contributed by atoms with Crippen LogP contribution in [-0.4, -0.2) is 59.6 Å². The first kappa shape index (κ1) is 26.0. The molecule has 188 valence electrons. The van der Waals surface area contributed by atoms with Crippen molar-refractivity contribution in [2.24, 2.45) is 5.92 Å². The minimum atomic E-state index is -0.589. The van der Waals surface area contributed by atoms with Gasteiger partial charge >= 0.3 is 6.09 Å². The highest BCUT2D eigenvalue weighted by Gasteiger charge is 2.30. The summed E-state index contributed by atoms with van der Waals surface area (Å²) in [5, 5.41) is 5.39. The number of carbonyl (C=O) groups excluding carboxylic acids is 3. The third-order valence-electron chi connectivity index (χ3n) is 5.64. The van der Waals surface area contributed by atoms with E-state index in [1.165, 1.54) is 0 Å². The van der Waals surface area contributed by atoms with Gasteiger partial charge in [0.05, 0.1) is 5.92 Å². The highest BCUT2D eigenvalue weighted by Crippen LogP contribution is 2.20. The van der Waals surface area contributed by atoms with E-state index in [-0.39, 0.29) is 42.9 Å². The van der Waals surface area contributed by atoms with Gasteiger partial charge in [-0.15, -0.1) is 0 Å². The lowest BCUT2D eigenvalue weighted by Crippen LogP contribution is -2.47. The predicted octanol–water partition coefficient (Wildman–Crippen LogP) is 2.84. The quantitative estimate of drug-likeness (QED) is 0.547. The van der Waals surface area contributed by atoms with Crippen molar-refractivity contribution in [3.05, 3.63) is 57.9 Å². The van der Waals surface area contributed by atoms with Crippen molar-refractivity contribution in [3.63, 3.8) is 0 Å². The van der Waals surface area contributed by atoms with Crippen molar-refractivity contribution in [2.45, 2.75) is 46.1 Å². The van der Waals surface area contributed by atoms with Gasteiger partial charge in [-0.2, -0.15) is 0 Å². The first-order chi connectivity index (χ1) is 16.5. The molecule has 3 rings (SSSR count). The van der Waals surface area contributed by atoms with E-state index in [1.54, 1.807) is 37.8 Å². The number of aromatic nitrogens is 1. The highest BCUT2D eigenvalue weighted by molar-refractivity contribution is 5.94. The lowest BCUT2D eigenvalue weighted by atomic mass is 9.96. The molecule has 2 heterocycles. The Hall–Kier alpha value is -3.62. The maximum atomic E-state index is 13.1. The predicted molar refractivity (Wildman–Crippen MR) is 133 cm³/mol. The Bertz CT molecular complexity index is 1140. The molecular weight excluding hydrogens is 448 g/mol. The fourth-order valence-corrected chi connectivity index (χ4v) is 3.98. The Kier molecular flexibility index (Phi) is 8.32. The summed E-state index contributed by atoms with van der Waals surface area (Å²) in [6.07, 6.45) is 0.775. The lowest BCUT2D eigenvalue weighted by Gasteiger charge is -2.32. The van der Waals surface area contributed by atoms with Gasteiger partial charge in [-0.3, -0.25) is 14.4 Å². The zero-order valence-corrected chi connectivity index (χ0v) is 20.8. The van der Waals surface area contributed by atoms with Crippen LogP contribution < -0.4 is 16.2 Å². The van der Waals surface area contributed by atoms with Gasteiger partial charge in [0.25, 0.3) is 11.5 Å². The van der Waals surface area contributed by atoms with E-state index in [9.17, 15) is 19.2 Å². The summed E-state index contributed by atoms with van der Waals surface area (Å²) in [5.41, 5.74) is 1.61. The molecule has 1 atom stereocenters. The molecule has 0 aliphatic carbocycles. The second kappa shape index (κ2) is 11.2. The fraction of sp³-hybridized carbons (Fsp3) is 0.462. The van der Waals surface area contributed by atoms with Crippen LogP contribution in [0.15, 0.2) is 41.2 Å². The standard InChI is InChI=1S/C26H34N4O5/c1-17-7-5-8-18(15-17)21-11-10-20(23(32)29-21)24(33)30-14-6-9-19(16-30)22(31)27-12-13-28-25(34)35-26(2,3)4/h5,7-8,10-11,15,19H,6,9,12-14,16H2,1-4H3,(H,27,31)(H,28,34)(H,29,32). The second-order valence-corrected chi connectivity index (χ2v) is 9.79. The normalized spacial score (nSPS) is 15.9. The van der Waals surface area contributed by atoms with Crippen LogP contribution in [0, 0.1) is 12.8 Å². The highest BCUT2D eigenvalue weighted by atomic mass is 16.6. The van der Waals surface area contributed by atoms with Crippen LogP contribution in [0.4, 0.5) is 4.79 Å². The number of piperidine rings is 1. The van der Waals surface area contributed by atoms with Gasteiger partial charge in [-0.05, 0) is 64.3 Å². The average molecular weight is 483 g/mol. The Morgan fingerprint density at radius 3 is 2.54 bits per heavy atom. The number of hydrogen-bond donors (Lipinski definition) is 3. The molecule has 1 unspecified atom stereocenters. The molecule has 0 radical (unpaired) electrons. The zero-order valence-electron chi connectivity index (χ0n) is 20.8. The van der Waals surface area contributed by atoms with Gasteiger partial charge < -0.3 is 25.3 Å². The number of amides is 3. The summed E-state index contributed by atoms with van der Waals surface area (Å²) in [4.78, 5) is 54.4. The number of rotatable bonds is 6. The number of nitrogens with zero attached hydrogens (tertiary/aromatic N) is 1. The molecule has 1 aromatic carbocycles. The third-order valence-corrected chi connectivity index (χ3v) is 5.64. The average Bonchev–Trinajstić information content (AvgIpc) is 2.80. The number of benzene rings is 1. The Balaban J connectivity index is 1.54. The summed E-state index contributed by atoms with van der Waals surface area (Å²) < 4.78 is 5.16. The van der Waals surface area contributed by atoms with E-state index < -0.39 is 17.3 Å². The van der Waals surface area contributed by atoms with Crippen LogP contribution in [0.2, 0.25) is 0 Å². The molecule has 1 aliphatic heterocycles. The first-order valence-electron chi connectivity index (χ1n) is 11.9. The number of alkyl carbamates (subject to hydrolysis) is 1. The first-order valence-corrected chi connectivity index (χ1v) is 11.9. The van der Waals surface area contributed by atoms with Crippen molar-refractivity contribution >= 4 is 17.9 Å². The SMILES string of the molecule is Cc1cccc(-c2ccc(C(=O)N3CCCC(C(=O)NCCNC(=O)OC(C)(C)C)C3)c(=O)[nH]2)c1. The Morgan fingerprint density at radius 1 is 1.11 bits per heavy atom. The van der Waals surface area contributed by atoms with Crippen LogP contribution in [0.25, 0.3) is 11.3 Å². The Morgan fingerprint density at radius 2 is 1.86 bits per heavy atom. The molecule has 1 aliphatic rings. The number of pyridine rings is 1. The van der Waals surface area contributed by atoms with Crippen LogP contribution in [0.3, 0.4) is 0 Å². The second-order valence-electron chi connectivity index (χ2n) is 9.79. The molecule has 0 saturated carbocycles. The van der Waals surface area contributed by atoms with E-state index in [1.807, 2.05) is 31.2 Å². The third kappa shape index (κ3) is 7.43. The minimum Gasteiger partial charge on any atom is -0.444 e. The van der Waals surface area contributed by atoms with Gasteiger partial charge in [-0.25, -0.2) is 4.79 Å². The van der Waals surface area contributed by atoms with Crippen LogP contribution in [-0.2, 0) is 9.53 Å². The summed E-state index contributed by atoms with van der Waals surface area (Å²) in [7, 11) is 0. The molecule has 1 aromatic heterocycles. The van der Waals surface area contributed by atoms with E-state index in [4.69, 9.17) is 4.74 Å². The molecule has 9 nitrogen and oxygen atoms in total. The van der Waals surface area contributed by atoms with Crippen molar-refractivity contribution in [3.8, 4) is 11.3 Å². The largest absolute Gasteiger partial charge is 0.444 e. The molecule has 1 saturated heterocycles. The van der Waals surface area contributed by atoms with Gasteiger partial charge in [0.2, 0.25) is 5.91 Å². The topological polar surface area (TPSA) is 121 Å². The summed E-state index contributed by atoms with van der Waals surface area (Å²) in [6, 6.07) is 11.0. The van der Waals surface area contributed by atoms with E-state index >= 15 is 0 Å². The number of aryl methyl sites for hydroxylation is 1. The number of carbonyl (C=O) groups is 3. The van der Waals surface area contributed by atoms with E-state index in [0.717, 1.165) is 11.1 Å². The molecule has 3 N–H and O–H groups in total. The van der Waals surface area contributed by atoms with Gasteiger partial charge in [0.1, 0.15) is 11.2 Å². The molecule has 35 heavy (non-hydrogen) atoms. The monoisotopic (exact) mass is 482 g/mol. The summed E-state index contributed by atoms with van der Waals surface area (Å²) >= 11 is 0. The molecule has 3 amide bonds. The molecule has 0 bridgehead atoms. The minimum absolute atomic E-state index is 0.0593. The maximum absolute atomic E-state index is 13.1.